The Balaban J connectivity index is 1.39. The molecule has 1 atom stereocenters. The Morgan fingerprint density at radius 2 is 1.90 bits per heavy atom. The summed E-state index contributed by atoms with van der Waals surface area (Å²) in [5, 5.41) is 10.5. The number of pyridine rings is 1. The monoisotopic (exact) mass is 550 g/mol. The van der Waals surface area contributed by atoms with Gasteiger partial charge in [0.05, 0.1) is 18.0 Å². The molecule has 0 saturated carbocycles. The van der Waals surface area contributed by atoms with Gasteiger partial charge in [-0.05, 0) is 88.0 Å². The second kappa shape index (κ2) is 12.3. The van der Waals surface area contributed by atoms with Crippen LogP contribution in [0.5, 0.6) is 5.75 Å². The van der Waals surface area contributed by atoms with Crippen LogP contribution in [0, 0.1) is 22.9 Å². The Kier molecular flexibility index (Phi) is 9.04. The van der Waals surface area contributed by atoms with E-state index in [1.165, 1.54) is 13.3 Å². The summed E-state index contributed by atoms with van der Waals surface area (Å²) >= 11 is 0. The zero-order chi connectivity index (χ0) is 28.2. The van der Waals surface area contributed by atoms with E-state index in [-0.39, 0.29) is 36.0 Å². The van der Waals surface area contributed by atoms with Gasteiger partial charge >= 0.3 is 5.97 Å². The van der Waals surface area contributed by atoms with Crippen molar-refractivity contribution in [3.63, 3.8) is 0 Å². The van der Waals surface area contributed by atoms with Gasteiger partial charge in [0.15, 0.2) is 11.6 Å². The number of hydrogen-bond donors (Lipinski definition) is 1. The van der Waals surface area contributed by atoms with Gasteiger partial charge in [-0.25, -0.2) is 22.0 Å². The summed E-state index contributed by atoms with van der Waals surface area (Å²) in [7, 11) is 1.47. The maximum absolute atomic E-state index is 15.7. The fourth-order valence-electron chi connectivity index (χ4n) is 5.44. The maximum atomic E-state index is 15.7. The van der Waals surface area contributed by atoms with Gasteiger partial charge in [0.25, 0.3) is 0 Å². The highest BCUT2D eigenvalue weighted by Gasteiger charge is 2.41. The molecule has 0 aliphatic carbocycles. The SMILES string of the molecule is COc1ccc2ncc(CF)c([C@@H](F)CCC3(C(=O)O)CCN(CCCc4cc(F)cc(F)c4F)CC3)c2c1. The number of hydrogen-bond acceptors (Lipinski definition) is 4. The fraction of sp³-hybridized carbons (Fsp3) is 0.448. The Labute approximate surface area is 223 Å². The number of piperidine rings is 1. The van der Waals surface area contributed by atoms with Gasteiger partial charge in [0.2, 0.25) is 0 Å². The lowest BCUT2D eigenvalue weighted by molar-refractivity contribution is -0.153. The molecule has 0 spiro atoms. The first-order chi connectivity index (χ1) is 18.7. The van der Waals surface area contributed by atoms with Crippen LogP contribution in [0.4, 0.5) is 22.0 Å². The van der Waals surface area contributed by atoms with E-state index < -0.39 is 41.7 Å². The van der Waals surface area contributed by atoms with Crippen molar-refractivity contribution in [1.82, 2.24) is 9.88 Å². The van der Waals surface area contributed by atoms with Crippen molar-refractivity contribution < 1.29 is 36.6 Å². The fourth-order valence-corrected chi connectivity index (χ4v) is 5.44. The number of carboxylic acids is 1. The van der Waals surface area contributed by atoms with Gasteiger partial charge in [-0.15, -0.1) is 0 Å². The first-order valence-corrected chi connectivity index (χ1v) is 12.9. The molecule has 10 heteroatoms. The van der Waals surface area contributed by atoms with Crippen LogP contribution >= 0.6 is 0 Å². The molecule has 3 aromatic rings. The average molecular weight is 551 g/mol. The number of aromatic nitrogens is 1. The van der Waals surface area contributed by atoms with Gasteiger partial charge in [-0.1, -0.05) is 0 Å². The molecule has 1 aliphatic heterocycles. The number of carboxylic acid groups (broad SMARTS) is 1. The summed E-state index contributed by atoms with van der Waals surface area (Å²) in [6.07, 6.45) is 0.863. The molecule has 2 aromatic carbocycles. The molecule has 1 N–H and O–H groups in total. The van der Waals surface area contributed by atoms with Gasteiger partial charge in [-0.3, -0.25) is 9.78 Å². The van der Waals surface area contributed by atoms with Crippen molar-refractivity contribution in [2.24, 2.45) is 5.41 Å². The van der Waals surface area contributed by atoms with E-state index >= 15 is 4.39 Å². The number of likely N-dealkylation sites (tertiary alicyclic amines) is 1. The third kappa shape index (κ3) is 6.32. The highest BCUT2D eigenvalue weighted by Crippen LogP contribution is 2.41. The number of nitrogens with zero attached hydrogens (tertiary/aromatic N) is 2. The third-order valence-corrected chi connectivity index (χ3v) is 7.79. The first-order valence-electron chi connectivity index (χ1n) is 12.9. The summed E-state index contributed by atoms with van der Waals surface area (Å²) in [5.41, 5.74) is -0.382. The quantitative estimate of drug-likeness (QED) is 0.212. The smallest absolute Gasteiger partial charge is 0.309 e. The molecule has 0 radical (unpaired) electrons. The molecule has 39 heavy (non-hydrogen) atoms. The van der Waals surface area contributed by atoms with E-state index in [1.807, 2.05) is 4.90 Å². The third-order valence-electron chi connectivity index (χ3n) is 7.79. The average Bonchev–Trinajstić information content (AvgIpc) is 2.93. The highest BCUT2D eigenvalue weighted by molar-refractivity contribution is 5.85. The summed E-state index contributed by atoms with van der Waals surface area (Å²) in [6, 6.07) is 6.44. The Morgan fingerprint density at radius 3 is 2.56 bits per heavy atom. The predicted octanol–water partition coefficient (Wildman–Crippen LogP) is 6.72. The number of halogens is 5. The van der Waals surface area contributed by atoms with E-state index in [2.05, 4.69) is 4.98 Å². The lowest BCUT2D eigenvalue weighted by Gasteiger charge is -2.39. The molecular weight excluding hydrogens is 519 g/mol. The molecule has 1 fully saturated rings. The summed E-state index contributed by atoms with van der Waals surface area (Å²) < 4.78 is 75.5. The first kappa shape index (κ1) is 28.7. The summed E-state index contributed by atoms with van der Waals surface area (Å²) in [5.74, 6) is -3.64. The Morgan fingerprint density at radius 1 is 1.15 bits per heavy atom. The van der Waals surface area contributed by atoms with Gasteiger partial charge in [-0.2, -0.15) is 0 Å². The lowest BCUT2D eigenvalue weighted by atomic mass is 9.74. The van der Waals surface area contributed by atoms with E-state index in [9.17, 15) is 27.5 Å². The van der Waals surface area contributed by atoms with Crippen LogP contribution in [0.25, 0.3) is 10.9 Å². The van der Waals surface area contributed by atoms with Gasteiger partial charge < -0.3 is 14.7 Å². The number of benzene rings is 2. The molecule has 210 valence electrons. The molecule has 0 bridgehead atoms. The van der Waals surface area contributed by atoms with Crippen molar-refractivity contribution in [3.05, 3.63) is 70.7 Å². The maximum Gasteiger partial charge on any atom is 0.309 e. The Bertz CT molecular complexity index is 1320. The number of methoxy groups -OCH3 is 1. The van der Waals surface area contributed by atoms with Crippen molar-refractivity contribution >= 4 is 16.9 Å². The number of aliphatic carboxylic acids is 1. The lowest BCUT2D eigenvalue weighted by Crippen LogP contribution is -2.44. The number of fused-ring (bicyclic) bond motifs is 1. The molecule has 2 heterocycles. The molecular formula is C29H31F5N2O3. The second-order valence-electron chi connectivity index (χ2n) is 10.1. The van der Waals surface area contributed by atoms with E-state index in [0.717, 1.165) is 6.07 Å². The van der Waals surface area contributed by atoms with Crippen LogP contribution in [-0.2, 0) is 17.9 Å². The second-order valence-corrected chi connectivity index (χ2v) is 10.1. The van der Waals surface area contributed by atoms with Crippen LogP contribution in [0.3, 0.4) is 0 Å². The van der Waals surface area contributed by atoms with Crippen LogP contribution in [0.15, 0.2) is 36.5 Å². The number of rotatable bonds is 11. The van der Waals surface area contributed by atoms with Gasteiger partial charge in [0, 0.05) is 28.8 Å². The minimum absolute atomic E-state index is 0.0349. The van der Waals surface area contributed by atoms with Crippen molar-refractivity contribution in [1.29, 1.82) is 0 Å². The normalized spacial score (nSPS) is 16.4. The highest BCUT2D eigenvalue weighted by atomic mass is 19.2. The van der Waals surface area contributed by atoms with E-state index in [4.69, 9.17) is 4.74 Å². The molecule has 4 rings (SSSR count). The van der Waals surface area contributed by atoms with Crippen LogP contribution in [0.1, 0.15) is 55.0 Å². The molecule has 0 amide bonds. The van der Waals surface area contributed by atoms with Gasteiger partial charge in [0.1, 0.15) is 24.4 Å². The van der Waals surface area contributed by atoms with Crippen molar-refractivity contribution in [3.8, 4) is 5.75 Å². The van der Waals surface area contributed by atoms with Crippen LogP contribution in [-0.4, -0.2) is 47.7 Å². The molecule has 0 unspecified atom stereocenters. The molecule has 1 aliphatic rings. The van der Waals surface area contributed by atoms with Crippen LogP contribution < -0.4 is 4.74 Å². The summed E-state index contributed by atoms with van der Waals surface area (Å²) in [6.45, 7) is 0.480. The minimum Gasteiger partial charge on any atom is -0.497 e. The number of alkyl halides is 2. The largest absolute Gasteiger partial charge is 0.497 e. The zero-order valence-corrected chi connectivity index (χ0v) is 21.7. The zero-order valence-electron chi connectivity index (χ0n) is 21.7. The van der Waals surface area contributed by atoms with Crippen molar-refractivity contribution in [2.45, 2.75) is 51.4 Å². The Hall–Kier alpha value is -3.27. The number of aryl methyl sites for hydroxylation is 1. The number of carbonyl (C=O) groups is 1. The topological polar surface area (TPSA) is 62.7 Å². The standard InChI is InChI=1S/C29H31F5N2O3/c1-39-21-4-5-25-22(15-21)26(19(16-30)17-35-25)23(32)6-7-29(28(37)38)8-11-36(12-9-29)10-2-3-18-13-20(31)14-24(33)27(18)34/h4-5,13-15,17,23H,2-3,6-12,16H2,1H3,(H,37,38)/t23-/m0/s1. The predicted molar refractivity (Wildman–Crippen MR) is 137 cm³/mol. The molecule has 5 nitrogen and oxygen atoms in total. The number of ether oxygens (including phenoxy) is 1. The minimum atomic E-state index is -1.59. The van der Waals surface area contributed by atoms with Crippen molar-refractivity contribution in [2.75, 3.05) is 26.7 Å². The van der Waals surface area contributed by atoms with Crippen LogP contribution in [0.2, 0.25) is 0 Å². The van der Waals surface area contributed by atoms with E-state index in [0.29, 0.717) is 61.6 Å². The molecule has 1 aromatic heterocycles. The summed E-state index contributed by atoms with van der Waals surface area (Å²) in [4.78, 5) is 18.5. The molecule has 1 saturated heterocycles. The van der Waals surface area contributed by atoms with E-state index in [1.54, 1.807) is 18.2 Å².